The summed E-state index contributed by atoms with van der Waals surface area (Å²) in [7, 11) is 3.12. The lowest BCUT2D eigenvalue weighted by molar-refractivity contribution is -0.135. The summed E-state index contributed by atoms with van der Waals surface area (Å²) in [5, 5.41) is 5.00. The number of nitrogens with one attached hydrogen (secondary N) is 2. The summed E-state index contributed by atoms with van der Waals surface area (Å²) < 4.78 is 10.6. The summed E-state index contributed by atoms with van der Waals surface area (Å²) in [6.45, 7) is 0.951. The molecular formula is C17H20N4O6. The summed E-state index contributed by atoms with van der Waals surface area (Å²) in [6, 6.07) is 4.25. The fourth-order valence-corrected chi connectivity index (χ4v) is 2.78. The van der Waals surface area contributed by atoms with Crippen LogP contribution in [0.25, 0.3) is 0 Å². The van der Waals surface area contributed by atoms with Crippen molar-refractivity contribution < 1.29 is 28.7 Å². The summed E-state index contributed by atoms with van der Waals surface area (Å²) in [5.41, 5.74) is -0.826. The van der Waals surface area contributed by atoms with E-state index in [0.717, 1.165) is 4.90 Å². The highest BCUT2D eigenvalue weighted by atomic mass is 16.7. The van der Waals surface area contributed by atoms with Gasteiger partial charge in [0, 0.05) is 14.1 Å². The molecular weight excluding hydrogens is 356 g/mol. The van der Waals surface area contributed by atoms with E-state index in [4.69, 9.17) is 9.47 Å². The number of hydrogen-bond donors (Lipinski definition) is 2. The van der Waals surface area contributed by atoms with Gasteiger partial charge in [-0.3, -0.25) is 19.3 Å². The van der Waals surface area contributed by atoms with Crippen molar-refractivity contribution in [2.24, 2.45) is 0 Å². The minimum Gasteiger partial charge on any atom is -0.454 e. The number of amides is 5. The lowest BCUT2D eigenvalue weighted by Gasteiger charge is -2.22. The minimum atomic E-state index is -1.34. The fraction of sp³-hybridized carbons (Fsp3) is 0.412. The molecule has 1 aromatic rings. The van der Waals surface area contributed by atoms with Crippen molar-refractivity contribution in [3.8, 4) is 11.5 Å². The lowest BCUT2D eigenvalue weighted by Crippen LogP contribution is -2.45. The molecule has 0 radical (unpaired) electrons. The van der Waals surface area contributed by atoms with Gasteiger partial charge in [0.2, 0.25) is 18.6 Å². The van der Waals surface area contributed by atoms with Crippen LogP contribution in [0, 0.1) is 0 Å². The average Bonchev–Trinajstić information content (AvgIpc) is 3.18. The van der Waals surface area contributed by atoms with Crippen LogP contribution in [0.5, 0.6) is 11.5 Å². The molecule has 0 bridgehead atoms. The van der Waals surface area contributed by atoms with Gasteiger partial charge in [0.15, 0.2) is 11.5 Å². The van der Waals surface area contributed by atoms with E-state index in [1.165, 1.54) is 4.90 Å². The van der Waals surface area contributed by atoms with Crippen LogP contribution in [-0.4, -0.2) is 67.5 Å². The maximum atomic E-state index is 12.8. The predicted octanol–water partition coefficient (Wildman–Crippen LogP) is -0.613. The lowest BCUT2D eigenvalue weighted by atomic mass is 9.91. The van der Waals surface area contributed by atoms with E-state index in [1.807, 2.05) is 0 Å². The highest BCUT2D eigenvalue weighted by Gasteiger charge is 2.49. The first-order valence-electron chi connectivity index (χ1n) is 8.23. The standard InChI is InChI=1S/C17H20N4O6/c1-17(10-4-5-11-12(6-10)27-9-26-11)15(24)21(16(25)19-17)8-13(22)18-7-14(23)20(2)3/h4-6H,7-9H2,1-3H3,(H,18,22)(H,19,25)/t17-/m0/s1. The Labute approximate surface area is 155 Å². The van der Waals surface area contributed by atoms with Crippen LogP contribution in [0.15, 0.2) is 18.2 Å². The molecule has 2 aliphatic rings. The first-order chi connectivity index (χ1) is 12.7. The third-order valence-electron chi connectivity index (χ3n) is 4.46. The number of hydrogen-bond acceptors (Lipinski definition) is 6. The third-order valence-corrected chi connectivity index (χ3v) is 4.46. The average molecular weight is 376 g/mol. The van der Waals surface area contributed by atoms with Gasteiger partial charge in [0.05, 0.1) is 6.54 Å². The third kappa shape index (κ3) is 3.37. The first kappa shape index (κ1) is 18.5. The van der Waals surface area contributed by atoms with Gasteiger partial charge in [-0.25, -0.2) is 4.79 Å². The molecule has 1 aromatic carbocycles. The van der Waals surface area contributed by atoms with Gasteiger partial charge in [-0.15, -0.1) is 0 Å². The van der Waals surface area contributed by atoms with E-state index in [9.17, 15) is 19.2 Å². The molecule has 27 heavy (non-hydrogen) atoms. The Balaban J connectivity index is 1.71. The molecule has 1 atom stereocenters. The topological polar surface area (TPSA) is 117 Å². The largest absolute Gasteiger partial charge is 0.454 e. The summed E-state index contributed by atoms with van der Waals surface area (Å²) >= 11 is 0. The van der Waals surface area contributed by atoms with Gasteiger partial charge in [0.25, 0.3) is 5.91 Å². The highest BCUT2D eigenvalue weighted by Crippen LogP contribution is 2.37. The number of imide groups is 1. The minimum absolute atomic E-state index is 0.0910. The van der Waals surface area contributed by atoms with Crippen molar-refractivity contribution in [2.75, 3.05) is 34.0 Å². The van der Waals surface area contributed by atoms with Crippen molar-refractivity contribution >= 4 is 23.8 Å². The van der Waals surface area contributed by atoms with Gasteiger partial charge in [-0.2, -0.15) is 0 Å². The maximum Gasteiger partial charge on any atom is 0.325 e. The Kier molecular flexibility index (Phi) is 4.64. The Hall–Kier alpha value is -3.30. The molecule has 5 amide bonds. The second-order valence-electron chi connectivity index (χ2n) is 6.58. The molecule has 0 saturated carbocycles. The van der Waals surface area contributed by atoms with E-state index >= 15 is 0 Å². The van der Waals surface area contributed by atoms with Crippen LogP contribution < -0.4 is 20.1 Å². The van der Waals surface area contributed by atoms with Crippen LogP contribution in [-0.2, 0) is 19.9 Å². The molecule has 3 rings (SSSR count). The quantitative estimate of drug-likeness (QED) is 0.662. The molecule has 10 heteroatoms. The van der Waals surface area contributed by atoms with E-state index in [-0.39, 0.29) is 19.2 Å². The number of ether oxygens (including phenoxy) is 2. The number of carbonyl (C=O) groups excluding carboxylic acids is 4. The van der Waals surface area contributed by atoms with Gasteiger partial charge in [-0.1, -0.05) is 6.07 Å². The van der Waals surface area contributed by atoms with Crippen LogP contribution in [0.2, 0.25) is 0 Å². The number of urea groups is 1. The Morgan fingerprint density at radius 1 is 1.26 bits per heavy atom. The smallest absolute Gasteiger partial charge is 0.325 e. The van der Waals surface area contributed by atoms with Crippen molar-refractivity contribution in [3.63, 3.8) is 0 Å². The van der Waals surface area contributed by atoms with Crippen LogP contribution in [0.1, 0.15) is 12.5 Å². The molecule has 2 aliphatic heterocycles. The molecule has 1 fully saturated rings. The number of carbonyl (C=O) groups is 4. The number of benzene rings is 1. The Morgan fingerprint density at radius 3 is 2.67 bits per heavy atom. The van der Waals surface area contributed by atoms with Gasteiger partial charge in [0.1, 0.15) is 12.1 Å². The van der Waals surface area contributed by atoms with Crippen molar-refractivity contribution in [1.82, 2.24) is 20.4 Å². The van der Waals surface area contributed by atoms with E-state index < -0.39 is 29.9 Å². The molecule has 0 spiro atoms. The zero-order valence-corrected chi connectivity index (χ0v) is 15.2. The molecule has 1 saturated heterocycles. The normalized spacial score (nSPS) is 20.5. The summed E-state index contributed by atoms with van der Waals surface area (Å²) in [6.07, 6.45) is 0. The molecule has 0 aliphatic carbocycles. The van der Waals surface area contributed by atoms with Crippen LogP contribution >= 0.6 is 0 Å². The predicted molar refractivity (Wildman–Crippen MR) is 91.9 cm³/mol. The van der Waals surface area contributed by atoms with Crippen molar-refractivity contribution in [2.45, 2.75) is 12.5 Å². The van der Waals surface area contributed by atoms with Crippen molar-refractivity contribution in [1.29, 1.82) is 0 Å². The molecule has 2 heterocycles. The maximum absolute atomic E-state index is 12.8. The zero-order chi connectivity index (χ0) is 19.8. The summed E-state index contributed by atoms with van der Waals surface area (Å²) in [5.74, 6) is -0.440. The van der Waals surface area contributed by atoms with Gasteiger partial charge < -0.3 is 25.0 Å². The van der Waals surface area contributed by atoms with E-state index in [2.05, 4.69) is 10.6 Å². The fourth-order valence-electron chi connectivity index (χ4n) is 2.78. The number of fused-ring (bicyclic) bond motifs is 1. The monoisotopic (exact) mass is 376 g/mol. The van der Waals surface area contributed by atoms with Crippen LogP contribution in [0.4, 0.5) is 4.79 Å². The van der Waals surface area contributed by atoms with Gasteiger partial charge >= 0.3 is 6.03 Å². The highest BCUT2D eigenvalue weighted by molar-refractivity contribution is 6.09. The van der Waals surface area contributed by atoms with E-state index in [0.29, 0.717) is 17.1 Å². The number of rotatable bonds is 5. The SMILES string of the molecule is CN(C)C(=O)CNC(=O)CN1C(=O)N[C@@](C)(c2ccc3c(c2)OCO3)C1=O. The molecule has 10 nitrogen and oxygen atoms in total. The Morgan fingerprint density at radius 2 is 1.96 bits per heavy atom. The van der Waals surface area contributed by atoms with Gasteiger partial charge in [-0.05, 0) is 24.6 Å². The number of nitrogens with zero attached hydrogens (tertiary/aromatic N) is 2. The second kappa shape index (κ2) is 6.78. The summed E-state index contributed by atoms with van der Waals surface area (Å²) in [4.78, 5) is 50.8. The molecule has 144 valence electrons. The van der Waals surface area contributed by atoms with Crippen molar-refractivity contribution in [3.05, 3.63) is 23.8 Å². The molecule has 2 N–H and O–H groups in total. The zero-order valence-electron chi connectivity index (χ0n) is 15.2. The molecule has 0 unspecified atom stereocenters. The Bertz CT molecular complexity index is 824. The van der Waals surface area contributed by atoms with Crippen LogP contribution in [0.3, 0.4) is 0 Å². The first-order valence-corrected chi connectivity index (χ1v) is 8.23. The molecule has 0 aromatic heterocycles. The second-order valence-corrected chi connectivity index (χ2v) is 6.58. The number of likely N-dealkylation sites (N-methyl/N-ethyl adjacent to an activating group) is 1. The van der Waals surface area contributed by atoms with E-state index in [1.54, 1.807) is 39.2 Å².